The van der Waals surface area contributed by atoms with Gasteiger partial charge >= 0.3 is 5.97 Å². The van der Waals surface area contributed by atoms with Crippen molar-refractivity contribution in [3.05, 3.63) is 154 Å². The number of carboxylic acid groups (broad SMARTS) is 1. The topological polar surface area (TPSA) is 112 Å². The minimum atomic E-state index is -1.10. The Labute approximate surface area is 347 Å². The van der Waals surface area contributed by atoms with E-state index in [4.69, 9.17) is 0 Å². The lowest BCUT2D eigenvalue weighted by atomic mass is 9.80. The number of nitrogens with zero attached hydrogens (tertiary/aromatic N) is 2. The van der Waals surface area contributed by atoms with Crippen molar-refractivity contribution in [3.63, 3.8) is 0 Å². The van der Waals surface area contributed by atoms with Crippen LogP contribution in [0.2, 0.25) is 0 Å². The van der Waals surface area contributed by atoms with E-state index in [0.29, 0.717) is 44.4 Å². The Bertz CT molecular complexity index is 3520. The fourth-order valence-corrected chi connectivity index (χ4v) is 10.6. The number of hydrogen-bond acceptors (Lipinski definition) is 5. The number of carbonyl (C=O) groups is 5. The third kappa shape index (κ3) is 4.35. The van der Waals surface area contributed by atoms with Crippen LogP contribution >= 0.6 is 0 Å². The SMILES string of the molecule is CC(C)c1cccc(C(C)C)c1N1C(=O)c2ccc3c4ccc5c6ccc7c8c(ccc(c9ccc(c%10ccc(c2c3%10)C1=O)c4c59)c86)C(=O)N(c1ccc(C(=O)O)cc1)C7=O. The molecule has 10 aromatic rings. The number of hydrogen-bond donors (Lipinski definition) is 1. The van der Waals surface area contributed by atoms with Gasteiger partial charge in [0.2, 0.25) is 0 Å². The number of rotatable bonds is 5. The Morgan fingerprint density at radius 1 is 0.410 bits per heavy atom. The summed E-state index contributed by atoms with van der Waals surface area (Å²) >= 11 is 0. The maximum Gasteiger partial charge on any atom is 0.335 e. The number of carbonyl (C=O) groups excluding carboxylic acids is 4. The summed E-state index contributed by atoms with van der Waals surface area (Å²) in [5, 5.41) is 22.3. The summed E-state index contributed by atoms with van der Waals surface area (Å²) < 4.78 is 0. The molecule has 1 N–H and O–H groups in total. The normalized spacial score (nSPS) is 14.4. The molecule has 2 aliphatic rings. The highest BCUT2D eigenvalue weighted by Gasteiger charge is 2.39. The summed E-state index contributed by atoms with van der Waals surface area (Å²) in [6, 6.07) is 35.6. The van der Waals surface area contributed by atoms with Gasteiger partial charge in [-0.2, -0.15) is 0 Å². The number of fused-ring (bicyclic) bond motifs is 4. The molecule has 10 aromatic carbocycles. The second-order valence-corrected chi connectivity index (χ2v) is 17.1. The zero-order valence-electron chi connectivity index (χ0n) is 33.5. The van der Waals surface area contributed by atoms with E-state index in [1.807, 2.05) is 54.6 Å². The van der Waals surface area contributed by atoms with E-state index >= 15 is 0 Å². The number of amides is 4. The van der Waals surface area contributed by atoms with Crippen molar-refractivity contribution < 1.29 is 29.1 Å². The van der Waals surface area contributed by atoms with Crippen LogP contribution in [0.25, 0.3) is 75.4 Å². The number of aromatic carboxylic acids is 1. The summed E-state index contributed by atoms with van der Waals surface area (Å²) in [7, 11) is 0. The highest BCUT2D eigenvalue weighted by molar-refractivity contribution is 6.47. The van der Waals surface area contributed by atoms with Crippen LogP contribution in [0.5, 0.6) is 0 Å². The van der Waals surface area contributed by atoms with Gasteiger partial charge in [0.15, 0.2) is 0 Å². The van der Waals surface area contributed by atoms with Crippen LogP contribution < -0.4 is 9.80 Å². The maximum atomic E-state index is 14.8. The van der Waals surface area contributed by atoms with Crippen LogP contribution in [0.1, 0.15) is 102 Å². The molecular formula is C53H34N2O6. The largest absolute Gasteiger partial charge is 0.478 e. The lowest BCUT2D eigenvalue weighted by molar-refractivity contribution is 0.0695. The summed E-state index contributed by atoms with van der Waals surface area (Å²) in [6.45, 7) is 8.35. The Morgan fingerprint density at radius 3 is 1.05 bits per heavy atom. The quantitative estimate of drug-likeness (QED) is 0.105. The Kier molecular flexibility index (Phi) is 6.91. The van der Waals surface area contributed by atoms with Gasteiger partial charge in [0.1, 0.15) is 0 Å². The molecule has 0 aliphatic carbocycles. The van der Waals surface area contributed by atoms with Crippen LogP contribution in [0, 0.1) is 0 Å². The highest BCUT2D eigenvalue weighted by atomic mass is 16.4. The van der Waals surface area contributed by atoms with Gasteiger partial charge in [-0.3, -0.25) is 19.2 Å². The fourth-order valence-electron chi connectivity index (χ4n) is 10.6. The molecule has 0 unspecified atom stereocenters. The van der Waals surface area contributed by atoms with Crippen molar-refractivity contribution in [2.45, 2.75) is 39.5 Å². The van der Waals surface area contributed by atoms with Crippen molar-refractivity contribution in [2.75, 3.05) is 9.80 Å². The number of para-hydroxylation sites is 1. The molecule has 2 aliphatic heterocycles. The van der Waals surface area contributed by atoms with Crippen LogP contribution in [0.15, 0.2) is 115 Å². The van der Waals surface area contributed by atoms with Crippen molar-refractivity contribution in [2.24, 2.45) is 0 Å². The van der Waals surface area contributed by atoms with Gasteiger partial charge in [-0.15, -0.1) is 0 Å². The average molecular weight is 795 g/mol. The van der Waals surface area contributed by atoms with Crippen molar-refractivity contribution in [1.29, 1.82) is 0 Å². The van der Waals surface area contributed by atoms with E-state index in [1.54, 1.807) is 12.1 Å². The lowest BCUT2D eigenvalue weighted by Crippen LogP contribution is -2.41. The molecule has 0 fully saturated rings. The molecule has 0 radical (unpaired) electrons. The van der Waals surface area contributed by atoms with E-state index in [9.17, 15) is 29.1 Å². The highest BCUT2D eigenvalue weighted by Crippen LogP contribution is 2.51. The van der Waals surface area contributed by atoms with Gasteiger partial charge in [0.05, 0.1) is 16.9 Å². The predicted molar refractivity (Wildman–Crippen MR) is 242 cm³/mol. The molecule has 12 rings (SSSR count). The minimum absolute atomic E-state index is 0.0583. The molecule has 0 saturated heterocycles. The summed E-state index contributed by atoms with van der Waals surface area (Å²) in [6.07, 6.45) is 0. The summed E-state index contributed by atoms with van der Waals surface area (Å²) in [5.41, 5.74) is 4.77. The lowest BCUT2D eigenvalue weighted by Gasteiger charge is -2.33. The van der Waals surface area contributed by atoms with Gasteiger partial charge in [0, 0.05) is 33.0 Å². The smallest absolute Gasteiger partial charge is 0.335 e. The van der Waals surface area contributed by atoms with E-state index < -0.39 is 17.8 Å². The fraction of sp³-hybridized carbons (Fsp3) is 0.113. The summed E-state index contributed by atoms with van der Waals surface area (Å²) in [5.74, 6) is -2.49. The van der Waals surface area contributed by atoms with Gasteiger partial charge < -0.3 is 5.11 Å². The predicted octanol–water partition coefficient (Wildman–Crippen LogP) is 12.2. The van der Waals surface area contributed by atoms with E-state index in [-0.39, 0.29) is 29.2 Å². The molecule has 0 bridgehead atoms. The third-order valence-corrected chi connectivity index (χ3v) is 13.3. The Morgan fingerprint density at radius 2 is 0.721 bits per heavy atom. The first-order chi connectivity index (χ1) is 29.5. The average Bonchev–Trinajstić information content (AvgIpc) is 3.26. The van der Waals surface area contributed by atoms with Crippen molar-refractivity contribution in [3.8, 4) is 0 Å². The van der Waals surface area contributed by atoms with Crippen LogP contribution in [0.3, 0.4) is 0 Å². The van der Waals surface area contributed by atoms with Gasteiger partial charge in [-0.05, 0) is 136 Å². The van der Waals surface area contributed by atoms with Crippen LogP contribution in [-0.2, 0) is 0 Å². The summed E-state index contributed by atoms with van der Waals surface area (Å²) in [4.78, 5) is 71.9. The van der Waals surface area contributed by atoms with Crippen molar-refractivity contribution in [1.82, 2.24) is 0 Å². The second kappa shape index (κ2) is 11.9. The first-order valence-electron chi connectivity index (χ1n) is 20.5. The molecule has 292 valence electrons. The van der Waals surface area contributed by atoms with E-state index in [1.165, 1.54) is 29.2 Å². The Balaban J connectivity index is 1.08. The molecule has 61 heavy (non-hydrogen) atoms. The van der Waals surface area contributed by atoms with Crippen LogP contribution in [0.4, 0.5) is 11.4 Å². The molecule has 8 nitrogen and oxygen atoms in total. The number of benzene rings is 10. The third-order valence-electron chi connectivity index (χ3n) is 13.3. The Hall–Kier alpha value is -7.71. The number of imide groups is 2. The first-order valence-corrected chi connectivity index (χ1v) is 20.5. The molecule has 0 saturated carbocycles. The molecule has 0 aromatic heterocycles. The van der Waals surface area contributed by atoms with Crippen molar-refractivity contribution >= 4 is 116 Å². The standard InChI is InChI=1S/C53H34N2O6/c1-24(2)28-6-5-7-29(25(3)4)48(28)55-51(58)40-22-18-36-32-14-12-30-34-16-20-38-46-39(50(57)54(49(38)56)27-10-8-26(9-11-27)53(60)61)21-17-35(44(34)46)31-13-15-33(43(32)42(30)31)37-19-23-41(52(55)59)47(40)45(36)37/h5-25H,1-4H3,(H,60,61). The zero-order valence-corrected chi connectivity index (χ0v) is 33.5. The van der Waals surface area contributed by atoms with Crippen LogP contribution in [-0.4, -0.2) is 34.7 Å². The maximum absolute atomic E-state index is 14.8. The van der Waals surface area contributed by atoms with Gasteiger partial charge in [-0.1, -0.05) is 94.4 Å². The van der Waals surface area contributed by atoms with E-state index in [0.717, 1.165) is 80.7 Å². The molecule has 2 heterocycles. The molecule has 0 atom stereocenters. The number of anilines is 2. The molecule has 0 spiro atoms. The van der Waals surface area contributed by atoms with Gasteiger partial charge in [-0.25, -0.2) is 14.6 Å². The van der Waals surface area contributed by atoms with Gasteiger partial charge in [0.25, 0.3) is 23.6 Å². The zero-order chi connectivity index (χ0) is 41.9. The minimum Gasteiger partial charge on any atom is -0.478 e. The van der Waals surface area contributed by atoms with E-state index in [2.05, 4.69) is 52.0 Å². The monoisotopic (exact) mass is 794 g/mol. The molecule has 8 heteroatoms. The first kappa shape index (κ1) is 35.3. The molecule has 4 amide bonds. The number of carboxylic acids is 1. The second-order valence-electron chi connectivity index (χ2n) is 17.1. The molecular weight excluding hydrogens is 761 g/mol.